The van der Waals surface area contributed by atoms with Crippen LogP contribution in [0, 0.1) is 0 Å². The fourth-order valence-corrected chi connectivity index (χ4v) is 2.85. The summed E-state index contributed by atoms with van der Waals surface area (Å²) in [6.07, 6.45) is -4.10. The summed E-state index contributed by atoms with van der Waals surface area (Å²) in [4.78, 5) is 12.2. The van der Waals surface area contributed by atoms with E-state index < -0.39 is 17.4 Å². The molecule has 0 fully saturated rings. The molecule has 0 unspecified atom stereocenters. The predicted molar refractivity (Wildman–Crippen MR) is 98.3 cm³/mol. The minimum Gasteiger partial charge on any atom is -0.496 e. The molecule has 0 saturated carbocycles. The van der Waals surface area contributed by atoms with Gasteiger partial charge in [-0.15, -0.1) is 0 Å². The maximum Gasteiger partial charge on any atom is 0.419 e. The summed E-state index contributed by atoms with van der Waals surface area (Å²) in [5.74, 6) is 0.0387. The van der Waals surface area contributed by atoms with Crippen molar-refractivity contribution in [3.63, 3.8) is 0 Å². The number of methoxy groups -OCH3 is 1. The molecule has 29 heavy (non-hydrogen) atoms. The minimum absolute atomic E-state index is 0.267. The van der Waals surface area contributed by atoms with Crippen LogP contribution in [0.2, 0.25) is 0 Å². The first-order valence-corrected chi connectivity index (χ1v) is 8.74. The molecule has 0 bridgehead atoms. The molecule has 0 spiro atoms. The molecule has 0 aliphatic heterocycles. The number of ether oxygens (including phenoxy) is 2. The molecule has 1 aromatic heterocycles. The lowest BCUT2D eigenvalue weighted by Crippen LogP contribution is -2.23. The van der Waals surface area contributed by atoms with Crippen LogP contribution in [-0.2, 0) is 26.3 Å². The zero-order chi connectivity index (χ0) is 21.2. The lowest BCUT2D eigenvalue weighted by Gasteiger charge is -2.17. The van der Waals surface area contributed by atoms with Crippen molar-refractivity contribution in [2.45, 2.75) is 26.1 Å². The second-order valence-electron chi connectivity index (χ2n) is 6.23. The molecule has 154 valence electrons. The van der Waals surface area contributed by atoms with E-state index in [4.69, 9.17) is 9.47 Å². The molecular weight excluding hydrogens is 389 g/mol. The number of tetrazole rings is 1. The van der Waals surface area contributed by atoms with Crippen molar-refractivity contribution in [1.29, 1.82) is 0 Å². The van der Waals surface area contributed by atoms with Crippen LogP contribution in [0.25, 0.3) is 5.69 Å². The molecule has 3 rings (SSSR count). The van der Waals surface area contributed by atoms with Gasteiger partial charge in [0.1, 0.15) is 18.1 Å². The van der Waals surface area contributed by atoms with Crippen molar-refractivity contribution in [2.24, 2.45) is 7.05 Å². The highest BCUT2D eigenvalue weighted by atomic mass is 19.4. The third kappa shape index (κ3) is 4.10. The summed E-state index contributed by atoms with van der Waals surface area (Å²) in [6.45, 7) is 1.51. The Bertz CT molecular complexity index is 1070. The normalized spacial score (nSPS) is 11.5. The Kier molecular flexibility index (Phi) is 5.62. The van der Waals surface area contributed by atoms with Crippen LogP contribution in [0.5, 0.6) is 11.5 Å². The second kappa shape index (κ2) is 7.98. The maximum atomic E-state index is 13.5. The average Bonchev–Trinajstić information content (AvgIpc) is 3.03. The van der Waals surface area contributed by atoms with Crippen molar-refractivity contribution in [1.82, 2.24) is 19.8 Å². The van der Waals surface area contributed by atoms with Crippen LogP contribution in [-0.4, -0.2) is 26.9 Å². The SMILES string of the molecule is CCc1ccc(OCc2c(OC)cccc2-n2nnn(C)c2=O)c(C(F)(F)F)c1. The predicted octanol–water partition coefficient (Wildman–Crippen LogP) is 3.13. The van der Waals surface area contributed by atoms with Gasteiger partial charge in [0, 0.05) is 7.05 Å². The van der Waals surface area contributed by atoms with Gasteiger partial charge in [-0.2, -0.15) is 22.5 Å². The zero-order valence-electron chi connectivity index (χ0n) is 16.0. The van der Waals surface area contributed by atoms with E-state index in [0.717, 1.165) is 15.4 Å². The van der Waals surface area contributed by atoms with Gasteiger partial charge in [-0.05, 0) is 46.7 Å². The van der Waals surface area contributed by atoms with Gasteiger partial charge in [0.15, 0.2) is 0 Å². The molecule has 2 aromatic carbocycles. The topological polar surface area (TPSA) is 71.2 Å². The van der Waals surface area contributed by atoms with Gasteiger partial charge in [-0.3, -0.25) is 0 Å². The first-order chi connectivity index (χ1) is 13.8. The maximum absolute atomic E-state index is 13.5. The van der Waals surface area contributed by atoms with Crippen molar-refractivity contribution in [3.05, 3.63) is 63.6 Å². The van der Waals surface area contributed by atoms with Gasteiger partial charge in [0.25, 0.3) is 0 Å². The Hall–Kier alpha value is -3.30. The Morgan fingerprint density at radius 1 is 1.10 bits per heavy atom. The minimum atomic E-state index is -4.56. The van der Waals surface area contributed by atoms with E-state index in [1.807, 2.05) is 0 Å². The molecule has 0 N–H and O–H groups in total. The second-order valence-corrected chi connectivity index (χ2v) is 6.23. The number of hydrogen-bond acceptors (Lipinski definition) is 5. The number of halogens is 3. The van der Waals surface area contributed by atoms with E-state index in [1.54, 1.807) is 31.2 Å². The van der Waals surface area contributed by atoms with Gasteiger partial charge in [0.2, 0.25) is 0 Å². The van der Waals surface area contributed by atoms with Crippen LogP contribution in [0.4, 0.5) is 13.2 Å². The Morgan fingerprint density at radius 3 is 2.45 bits per heavy atom. The lowest BCUT2D eigenvalue weighted by atomic mass is 10.1. The van der Waals surface area contributed by atoms with Crippen LogP contribution >= 0.6 is 0 Å². The molecule has 1 heterocycles. The Balaban J connectivity index is 2.02. The first kappa shape index (κ1) is 20.4. The van der Waals surface area contributed by atoms with Crippen molar-refractivity contribution < 1.29 is 22.6 Å². The van der Waals surface area contributed by atoms with Crippen molar-refractivity contribution in [2.75, 3.05) is 7.11 Å². The van der Waals surface area contributed by atoms with Crippen molar-refractivity contribution >= 4 is 0 Å². The van der Waals surface area contributed by atoms with Gasteiger partial charge in [0.05, 0.1) is 23.9 Å². The zero-order valence-corrected chi connectivity index (χ0v) is 16.0. The van der Waals surface area contributed by atoms with E-state index in [9.17, 15) is 18.0 Å². The van der Waals surface area contributed by atoms with Gasteiger partial charge in [-0.25, -0.2) is 4.79 Å². The molecule has 10 heteroatoms. The number of hydrogen-bond donors (Lipinski definition) is 0. The van der Waals surface area contributed by atoms with Crippen LogP contribution in [0.15, 0.2) is 41.2 Å². The smallest absolute Gasteiger partial charge is 0.419 e. The molecule has 0 atom stereocenters. The Morgan fingerprint density at radius 2 is 1.86 bits per heavy atom. The summed E-state index contributed by atoms with van der Waals surface area (Å²) < 4.78 is 53.3. The quantitative estimate of drug-likeness (QED) is 0.627. The van der Waals surface area contributed by atoms with Crippen LogP contribution in [0.1, 0.15) is 23.6 Å². The molecule has 0 aliphatic carbocycles. The molecule has 3 aromatic rings. The van der Waals surface area contributed by atoms with Gasteiger partial charge < -0.3 is 9.47 Å². The fourth-order valence-electron chi connectivity index (χ4n) is 2.85. The summed E-state index contributed by atoms with van der Waals surface area (Å²) in [5.41, 5.74) is -0.145. The van der Waals surface area contributed by atoms with Crippen LogP contribution < -0.4 is 15.2 Å². The van der Waals surface area contributed by atoms with E-state index in [-0.39, 0.29) is 12.4 Å². The van der Waals surface area contributed by atoms with Gasteiger partial charge in [-0.1, -0.05) is 19.1 Å². The monoisotopic (exact) mass is 408 g/mol. The summed E-state index contributed by atoms with van der Waals surface area (Å²) >= 11 is 0. The number of aryl methyl sites for hydroxylation is 2. The molecule has 7 nitrogen and oxygen atoms in total. The average molecular weight is 408 g/mol. The number of alkyl halides is 3. The standard InChI is InChI=1S/C19H19F3N4O3/c1-4-12-8-9-17(14(10-12)19(20,21)22)29-11-13-15(6-5-7-16(13)28-3)26-18(27)25(2)23-24-26/h5-10H,4,11H2,1-3H3. The highest BCUT2D eigenvalue weighted by molar-refractivity contribution is 5.49. The number of rotatable bonds is 6. The fraction of sp³-hybridized carbons (Fsp3) is 0.316. The first-order valence-electron chi connectivity index (χ1n) is 8.74. The largest absolute Gasteiger partial charge is 0.496 e. The molecule has 0 saturated heterocycles. The Labute approximate surface area is 164 Å². The van der Waals surface area contributed by atoms with E-state index >= 15 is 0 Å². The lowest BCUT2D eigenvalue weighted by molar-refractivity contribution is -0.139. The number of aromatic nitrogens is 4. The summed E-state index contributed by atoms with van der Waals surface area (Å²) in [7, 11) is 2.85. The summed E-state index contributed by atoms with van der Waals surface area (Å²) in [6, 6.07) is 8.80. The van der Waals surface area contributed by atoms with Crippen LogP contribution in [0.3, 0.4) is 0 Å². The van der Waals surface area contributed by atoms with E-state index in [1.165, 1.54) is 20.2 Å². The highest BCUT2D eigenvalue weighted by Crippen LogP contribution is 2.38. The third-order valence-corrected chi connectivity index (χ3v) is 4.41. The molecule has 0 amide bonds. The molecular formula is C19H19F3N4O3. The van der Waals surface area contributed by atoms with E-state index in [2.05, 4.69) is 10.4 Å². The van der Waals surface area contributed by atoms with Gasteiger partial charge >= 0.3 is 11.9 Å². The number of nitrogens with zero attached hydrogens (tertiary/aromatic N) is 4. The molecule has 0 radical (unpaired) electrons. The highest BCUT2D eigenvalue weighted by Gasteiger charge is 2.34. The molecule has 0 aliphatic rings. The number of benzene rings is 2. The third-order valence-electron chi connectivity index (χ3n) is 4.41. The summed E-state index contributed by atoms with van der Waals surface area (Å²) in [5, 5.41) is 7.44. The van der Waals surface area contributed by atoms with Crippen molar-refractivity contribution in [3.8, 4) is 17.2 Å². The van der Waals surface area contributed by atoms with E-state index in [0.29, 0.717) is 29.0 Å².